The van der Waals surface area contributed by atoms with Gasteiger partial charge < -0.3 is 15.0 Å². The van der Waals surface area contributed by atoms with Gasteiger partial charge >= 0.3 is 0 Å². The molecule has 0 heterocycles. The molecule has 0 aliphatic carbocycles. The molecule has 0 saturated heterocycles. The summed E-state index contributed by atoms with van der Waals surface area (Å²) in [5.41, 5.74) is 3.45. The Hall–Kier alpha value is -2.33. The number of hydrogen-bond donors (Lipinski definition) is 1. The van der Waals surface area contributed by atoms with Crippen molar-refractivity contribution in [3.05, 3.63) is 65.2 Å². The molecule has 0 fully saturated rings. The number of para-hydroxylation sites is 1. The Balaban J connectivity index is 1.78. The fraction of sp³-hybridized carbons (Fsp3) is 0.350. The molecule has 0 spiro atoms. The highest BCUT2D eigenvalue weighted by Crippen LogP contribution is 2.17. The van der Waals surface area contributed by atoms with E-state index in [0.717, 1.165) is 29.8 Å². The van der Waals surface area contributed by atoms with E-state index in [-0.39, 0.29) is 12.5 Å². The fourth-order valence-electron chi connectivity index (χ4n) is 2.46. The van der Waals surface area contributed by atoms with Crippen LogP contribution in [0.4, 0.5) is 0 Å². The number of nitrogens with one attached hydrogen (secondary N) is 1. The van der Waals surface area contributed by atoms with Gasteiger partial charge in [0, 0.05) is 13.1 Å². The molecule has 0 aromatic heterocycles. The number of carbonyl (C=O) groups is 1. The van der Waals surface area contributed by atoms with E-state index < -0.39 is 0 Å². The average Bonchev–Trinajstić information content (AvgIpc) is 2.59. The number of aryl methyl sites for hydroxylation is 1. The molecule has 0 saturated carbocycles. The van der Waals surface area contributed by atoms with Crippen molar-refractivity contribution in [3.63, 3.8) is 0 Å². The van der Waals surface area contributed by atoms with Gasteiger partial charge in [-0.3, -0.25) is 4.79 Å². The third-order valence-corrected chi connectivity index (χ3v) is 3.72. The van der Waals surface area contributed by atoms with Crippen molar-refractivity contribution in [2.75, 3.05) is 20.7 Å². The van der Waals surface area contributed by atoms with Crippen LogP contribution < -0.4 is 10.1 Å². The SMILES string of the molecule is CCc1ccccc1OCC(=O)NCc1ccc(CN(C)C)cc1. The van der Waals surface area contributed by atoms with E-state index >= 15 is 0 Å². The van der Waals surface area contributed by atoms with Crippen molar-refractivity contribution >= 4 is 5.91 Å². The summed E-state index contributed by atoms with van der Waals surface area (Å²) in [7, 11) is 4.09. The minimum Gasteiger partial charge on any atom is -0.483 e. The van der Waals surface area contributed by atoms with Gasteiger partial charge in [-0.2, -0.15) is 0 Å². The molecule has 0 unspecified atom stereocenters. The topological polar surface area (TPSA) is 41.6 Å². The van der Waals surface area contributed by atoms with E-state index in [1.165, 1.54) is 5.56 Å². The Morgan fingerprint density at radius 2 is 1.71 bits per heavy atom. The molecule has 0 radical (unpaired) electrons. The normalized spacial score (nSPS) is 10.7. The van der Waals surface area contributed by atoms with Gasteiger partial charge in [0.15, 0.2) is 6.61 Å². The van der Waals surface area contributed by atoms with Crippen LogP contribution in [0.15, 0.2) is 48.5 Å². The highest BCUT2D eigenvalue weighted by molar-refractivity contribution is 5.77. The molecular weight excluding hydrogens is 300 g/mol. The summed E-state index contributed by atoms with van der Waals surface area (Å²) in [6.45, 7) is 3.54. The maximum Gasteiger partial charge on any atom is 0.258 e. The standard InChI is InChI=1S/C20H26N2O2/c1-4-18-7-5-6-8-19(18)24-15-20(23)21-13-16-9-11-17(12-10-16)14-22(2)3/h5-12H,4,13-15H2,1-3H3,(H,21,23). The van der Waals surface area contributed by atoms with Gasteiger partial charge in [0.25, 0.3) is 5.91 Å². The van der Waals surface area contributed by atoms with E-state index in [2.05, 4.69) is 29.3 Å². The third-order valence-electron chi connectivity index (χ3n) is 3.72. The summed E-state index contributed by atoms with van der Waals surface area (Å²) in [4.78, 5) is 14.1. The van der Waals surface area contributed by atoms with Gasteiger partial charge in [0.05, 0.1) is 0 Å². The maximum atomic E-state index is 12.0. The molecule has 4 nitrogen and oxygen atoms in total. The summed E-state index contributed by atoms with van der Waals surface area (Å²) in [5.74, 6) is 0.668. The molecule has 2 aromatic carbocycles. The Kier molecular flexibility index (Phi) is 6.82. The van der Waals surface area contributed by atoms with Gasteiger partial charge in [-0.15, -0.1) is 0 Å². The second-order valence-corrected chi connectivity index (χ2v) is 6.08. The lowest BCUT2D eigenvalue weighted by atomic mass is 10.1. The van der Waals surface area contributed by atoms with Gasteiger partial charge in [-0.25, -0.2) is 0 Å². The van der Waals surface area contributed by atoms with E-state index in [1.807, 2.05) is 50.5 Å². The zero-order chi connectivity index (χ0) is 17.4. The van der Waals surface area contributed by atoms with Crippen LogP contribution in [0.3, 0.4) is 0 Å². The van der Waals surface area contributed by atoms with Crippen molar-refractivity contribution in [2.45, 2.75) is 26.4 Å². The van der Waals surface area contributed by atoms with Crippen LogP contribution in [-0.2, 0) is 24.3 Å². The summed E-state index contributed by atoms with van der Waals surface area (Å²) in [5, 5.41) is 2.89. The molecule has 1 N–H and O–H groups in total. The van der Waals surface area contributed by atoms with Crippen LogP contribution in [0.2, 0.25) is 0 Å². The van der Waals surface area contributed by atoms with Crippen LogP contribution in [0.5, 0.6) is 5.75 Å². The van der Waals surface area contributed by atoms with Gasteiger partial charge in [0.2, 0.25) is 0 Å². The Morgan fingerprint density at radius 3 is 2.38 bits per heavy atom. The Labute approximate surface area is 144 Å². The van der Waals surface area contributed by atoms with Crippen molar-refractivity contribution in [1.82, 2.24) is 10.2 Å². The van der Waals surface area contributed by atoms with Crippen LogP contribution in [-0.4, -0.2) is 31.5 Å². The van der Waals surface area contributed by atoms with Crippen LogP contribution >= 0.6 is 0 Å². The van der Waals surface area contributed by atoms with E-state index in [4.69, 9.17) is 4.74 Å². The largest absolute Gasteiger partial charge is 0.483 e. The lowest BCUT2D eigenvalue weighted by Gasteiger charge is -2.11. The van der Waals surface area contributed by atoms with Crippen molar-refractivity contribution in [1.29, 1.82) is 0 Å². The number of amides is 1. The predicted octanol–water partition coefficient (Wildman–Crippen LogP) is 3.01. The quantitative estimate of drug-likeness (QED) is 0.811. The molecule has 128 valence electrons. The first-order valence-electron chi connectivity index (χ1n) is 8.28. The average molecular weight is 326 g/mol. The minimum atomic E-state index is -0.113. The molecule has 1 amide bonds. The Morgan fingerprint density at radius 1 is 1.04 bits per heavy atom. The highest BCUT2D eigenvalue weighted by atomic mass is 16.5. The number of hydrogen-bond acceptors (Lipinski definition) is 3. The van der Waals surface area contributed by atoms with E-state index in [1.54, 1.807) is 0 Å². The summed E-state index contributed by atoms with van der Waals surface area (Å²) < 4.78 is 5.62. The smallest absolute Gasteiger partial charge is 0.258 e. The number of nitrogens with zero attached hydrogens (tertiary/aromatic N) is 1. The van der Waals surface area contributed by atoms with Crippen LogP contribution in [0, 0.1) is 0 Å². The molecule has 4 heteroatoms. The molecule has 0 bridgehead atoms. The molecule has 0 atom stereocenters. The van der Waals surface area contributed by atoms with Gasteiger partial charge in [-0.1, -0.05) is 49.4 Å². The number of rotatable bonds is 8. The lowest BCUT2D eigenvalue weighted by molar-refractivity contribution is -0.123. The first-order chi connectivity index (χ1) is 11.6. The predicted molar refractivity (Wildman–Crippen MR) is 97.0 cm³/mol. The van der Waals surface area contributed by atoms with Crippen molar-refractivity contribution < 1.29 is 9.53 Å². The van der Waals surface area contributed by atoms with Crippen molar-refractivity contribution in [2.24, 2.45) is 0 Å². The van der Waals surface area contributed by atoms with Crippen LogP contribution in [0.25, 0.3) is 0 Å². The molecule has 0 aliphatic rings. The molecular formula is C20H26N2O2. The zero-order valence-electron chi connectivity index (χ0n) is 14.7. The first kappa shape index (κ1) is 18.0. The molecule has 0 aliphatic heterocycles. The Bertz CT molecular complexity index is 651. The summed E-state index contributed by atoms with van der Waals surface area (Å²) in [6.07, 6.45) is 0.886. The van der Waals surface area contributed by atoms with E-state index in [0.29, 0.717) is 6.54 Å². The first-order valence-corrected chi connectivity index (χ1v) is 8.28. The second-order valence-electron chi connectivity index (χ2n) is 6.08. The monoisotopic (exact) mass is 326 g/mol. The number of benzene rings is 2. The fourth-order valence-corrected chi connectivity index (χ4v) is 2.46. The molecule has 2 aromatic rings. The van der Waals surface area contributed by atoms with Crippen molar-refractivity contribution in [3.8, 4) is 5.75 Å². The van der Waals surface area contributed by atoms with Crippen LogP contribution in [0.1, 0.15) is 23.6 Å². The number of ether oxygens (including phenoxy) is 1. The summed E-state index contributed by atoms with van der Waals surface area (Å²) >= 11 is 0. The third kappa shape index (κ3) is 5.70. The second kappa shape index (κ2) is 9.08. The highest BCUT2D eigenvalue weighted by Gasteiger charge is 2.05. The number of carbonyl (C=O) groups excluding carboxylic acids is 1. The summed E-state index contributed by atoms with van der Waals surface area (Å²) in [6, 6.07) is 16.1. The molecule has 24 heavy (non-hydrogen) atoms. The lowest BCUT2D eigenvalue weighted by Crippen LogP contribution is -2.28. The van der Waals surface area contributed by atoms with E-state index in [9.17, 15) is 4.79 Å². The molecule has 2 rings (SSSR count). The zero-order valence-corrected chi connectivity index (χ0v) is 14.7. The van der Waals surface area contributed by atoms with Gasteiger partial charge in [-0.05, 0) is 43.3 Å². The minimum absolute atomic E-state index is 0.0374. The van der Waals surface area contributed by atoms with Gasteiger partial charge in [0.1, 0.15) is 5.75 Å². The maximum absolute atomic E-state index is 12.0.